The molecule has 76 heavy (non-hydrogen) atoms. The number of rotatable bonds is 3. The maximum atomic E-state index is 2.81. The number of anilines is 6. The maximum Gasteiger partial charge on any atom is 0.252 e. The Morgan fingerprint density at radius 1 is 0.421 bits per heavy atom. The van der Waals surface area contributed by atoms with Crippen molar-refractivity contribution in [2.45, 2.75) is 194 Å². The highest BCUT2D eigenvalue weighted by molar-refractivity contribution is 7.26. The van der Waals surface area contributed by atoms with Crippen LogP contribution in [0.25, 0.3) is 31.3 Å². The molecule has 0 unspecified atom stereocenters. The Bertz CT molecular complexity index is 3790. The topological polar surface area (TPSA) is 6.48 Å². The minimum Gasteiger partial charge on any atom is -0.311 e. The predicted molar refractivity (Wildman–Crippen MR) is 333 cm³/mol. The number of benzene rings is 7. The number of thiophene rings is 1. The highest BCUT2D eigenvalue weighted by Crippen LogP contribution is 2.57. The van der Waals surface area contributed by atoms with Crippen LogP contribution < -0.4 is 26.2 Å². The monoisotopic (exact) mass is 1020 g/mol. The summed E-state index contributed by atoms with van der Waals surface area (Å²) in [4.78, 5) is 5.53. The van der Waals surface area contributed by atoms with Crippen molar-refractivity contribution >= 4 is 88.7 Å². The molecule has 0 N–H and O–H groups in total. The van der Waals surface area contributed by atoms with E-state index in [1.807, 2.05) is 11.3 Å². The van der Waals surface area contributed by atoms with Crippen LogP contribution in [0.4, 0.5) is 34.1 Å². The fourth-order valence-corrected chi connectivity index (χ4v) is 16.3. The average Bonchev–Trinajstić information content (AvgIpc) is 3.75. The van der Waals surface area contributed by atoms with E-state index in [0.717, 1.165) is 0 Å². The van der Waals surface area contributed by atoms with Gasteiger partial charge < -0.3 is 9.80 Å². The molecule has 8 aromatic rings. The van der Waals surface area contributed by atoms with Gasteiger partial charge in [0.15, 0.2) is 0 Å². The Morgan fingerprint density at radius 3 is 1.49 bits per heavy atom. The van der Waals surface area contributed by atoms with E-state index < -0.39 is 0 Å². The van der Waals surface area contributed by atoms with Crippen molar-refractivity contribution in [1.82, 2.24) is 0 Å². The van der Waals surface area contributed by atoms with E-state index >= 15 is 0 Å². The van der Waals surface area contributed by atoms with E-state index in [0.29, 0.717) is 0 Å². The minimum absolute atomic E-state index is 0.00149. The second-order valence-corrected chi connectivity index (χ2v) is 30.5. The lowest BCUT2D eigenvalue weighted by molar-refractivity contribution is 0.332. The smallest absolute Gasteiger partial charge is 0.252 e. The van der Waals surface area contributed by atoms with Gasteiger partial charge in [0, 0.05) is 43.9 Å². The molecule has 2 aliphatic heterocycles. The first-order valence-corrected chi connectivity index (χ1v) is 29.7. The van der Waals surface area contributed by atoms with Crippen LogP contribution in [0.1, 0.15) is 192 Å². The van der Waals surface area contributed by atoms with Crippen molar-refractivity contribution in [1.29, 1.82) is 0 Å². The molecule has 0 bridgehead atoms. The van der Waals surface area contributed by atoms with Gasteiger partial charge in [0.25, 0.3) is 6.71 Å². The lowest BCUT2D eigenvalue weighted by atomic mass is 9.33. The van der Waals surface area contributed by atoms with Crippen molar-refractivity contribution in [2.24, 2.45) is 0 Å². The van der Waals surface area contributed by atoms with Crippen molar-refractivity contribution in [2.75, 3.05) is 9.80 Å². The first-order chi connectivity index (χ1) is 35.6. The first kappa shape index (κ1) is 50.0. The molecule has 0 saturated carbocycles. The summed E-state index contributed by atoms with van der Waals surface area (Å²) >= 11 is 2.05. The second kappa shape index (κ2) is 16.0. The van der Waals surface area contributed by atoms with Crippen molar-refractivity contribution in [3.63, 3.8) is 0 Å². The summed E-state index contributed by atoms with van der Waals surface area (Å²) in [6.07, 6.45) is 7.10. The molecular formula is C72H81BN2S. The highest BCUT2D eigenvalue weighted by atomic mass is 32.1. The minimum atomic E-state index is 0.00149. The van der Waals surface area contributed by atoms with Gasteiger partial charge in [-0.25, -0.2) is 0 Å². The van der Waals surface area contributed by atoms with Gasteiger partial charge in [0.2, 0.25) is 0 Å². The number of hydrogen-bond donors (Lipinski definition) is 0. The SMILES string of the molecule is Cc1cc(C(C)(C)C)ccc1N1c2cc3c(cc2B2c4ccc5c(sc6cc7c(cc65)C(C)(C)CCC7(C)C)c4N(c4cc5c(cc4C)C(C)(C)CCC5(C)C)c4cc(-c5ccccc5)cc1c42)C(C)(C)CCC3(C)C. The normalized spacial score (nSPS) is 19.9. The van der Waals surface area contributed by atoms with Crippen LogP contribution in [0.2, 0.25) is 0 Å². The molecule has 0 radical (unpaired) electrons. The third-order valence-corrected chi connectivity index (χ3v) is 21.6. The molecule has 388 valence electrons. The highest BCUT2D eigenvalue weighted by Gasteiger charge is 2.49. The van der Waals surface area contributed by atoms with Crippen LogP contribution in [-0.2, 0) is 37.9 Å². The Morgan fingerprint density at radius 2 is 0.921 bits per heavy atom. The molecule has 0 amide bonds. The molecule has 13 rings (SSSR count). The zero-order valence-electron chi connectivity index (χ0n) is 49.0. The Hall–Kier alpha value is -5.58. The molecule has 3 aliphatic carbocycles. The Kier molecular flexibility index (Phi) is 10.5. The average molecular weight is 1020 g/mol. The third-order valence-electron chi connectivity index (χ3n) is 20.4. The van der Waals surface area contributed by atoms with E-state index in [1.165, 1.54) is 170 Å². The van der Waals surface area contributed by atoms with E-state index in [2.05, 4.69) is 237 Å². The van der Waals surface area contributed by atoms with Crippen molar-refractivity contribution in [3.05, 3.63) is 159 Å². The van der Waals surface area contributed by atoms with Gasteiger partial charge in [-0.1, -0.05) is 171 Å². The fraction of sp³-hybridized carbons (Fsp3) is 0.417. The van der Waals surface area contributed by atoms with Gasteiger partial charge in [0.1, 0.15) is 0 Å². The Labute approximate surface area is 460 Å². The number of aryl methyl sites for hydroxylation is 2. The number of nitrogens with zero attached hydrogens (tertiary/aromatic N) is 2. The van der Waals surface area contributed by atoms with Crippen LogP contribution in [0.5, 0.6) is 0 Å². The van der Waals surface area contributed by atoms with Gasteiger partial charge >= 0.3 is 0 Å². The van der Waals surface area contributed by atoms with Crippen molar-refractivity contribution < 1.29 is 0 Å². The molecule has 7 aromatic carbocycles. The Balaban J connectivity index is 1.21. The number of fused-ring (bicyclic) bond motifs is 11. The van der Waals surface area contributed by atoms with E-state index in [-0.39, 0.29) is 44.6 Å². The molecule has 5 aliphatic rings. The van der Waals surface area contributed by atoms with Crippen molar-refractivity contribution in [3.8, 4) is 11.1 Å². The van der Waals surface area contributed by atoms with E-state index in [1.54, 1.807) is 0 Å². The largest absolute Gasteiger partial charge is 0.311 e. The van der Waals surface area contributed by atoms with Crippen LogP contribution in [0.15, 0.2) is 109 Å². The summed E-state index contributed by atoms with van der Waals surface area (Å²) in [6, 6.07) is 44.8. The standard InChI is InChI=1S/C72H81BN2S/c1-42-33-46(66(3,4)5)23-26-57(42)74-59-40-53-51(69(10,11)29-31-71(53,14)15)38-56(59)73-55-25-24-47-48-37-50-54(72(16,17)32-28-68(50,8)9)41-62(48)76-65(47)64(55)75(61-36-45(35-60(74)63(61)73)44-21-19-18-20-22-44)58-39-52-49(34-43(58)2)67(6,7)27-30-70(52,12)13/h18-26,33-41H,27-32H2,1-17H3. The summed E-state index contributed by atoms with van der Waals surface area (Å²) in [5, 5.41) is 2.79. The zero-order valence-corrected chi connectivity index (χ0v) is 49.8. The molecular weight excluding hydrogens is 936 g/mol. The van der Waals surface area contributed by atoms with Gasteiger partial charge in [-0.3, -0.25) is 0 Å². The van der Waals surface area contributed by atoms with Gasteiger partial charge in [-0.15, -0.1) is 11.3 Å². The first-order valence-electron chi connectivity index (χ1n) is 28.9. The molecule has 3 heterocycles. The van der Waals surface area contributed by atoms with Gasteiger partial charge in [-0.2, -0.15) is 0 Å². The molecule has 0 fully saturated rings. The quantitative estimate of drug-likeness (QED) is 0.163. The van der Waals surface area contributed by atoms with Crippen LogP contribution in [0.3, 0.4) is 0 Å². The summed E-state index contributed by atoms with van der Waals surface area (Å²) in [5.74, 6) is 0. The van der Waals surface area contributed by atoms with Gasteiger partial charge in [0.05, 0.1) is 10.4 Å². The van der Waals surface area contributed by atoms with Gasteiger partial charge in [-0.05, 0) is 210 Å². The molecule has 4 heteroatoms. The molecule has 1 aromatic heterocycles. The lowest BCUT2D eigenvalue weighted by Gasteiger charge is -2.48. The second-order valence-electron chi connectivity index (χ2n) is 29.5. The fourth-order valence-electron chi connectivity index (χ4n) is 15.1. The molecule has 0 atom stereocenters. The summed E-state index contributed by atoms with van der Waals surface area (Å²) in [6.45, 7) is 41.7. The summed E-state index contributed by atoms with van der Waals surface area (Å²) in [5.41, 5.74) is 28.1. The van der Waals surface area contributed by atoms with E-state index in [4.69, 9.17) is 0 Å². The summed E-state index contributed by atoms with van der Waals surface area (Å²) in [7, 11) is 0. The molecule has 0 spiro atoms. The van der Waals surface area contributed by atoms with Crippen LogP contribution in [0, 0.1) is 13.8 Å². The summed E-state index contributed by atoms with van der Waals surface area (Å²) < 4.78 is 2.81. The van der Waals surface area contributed by atoms with Crippen LogP contribution >= 0.6 is 11.3 Å². The zero-order chi connectivity index (χ0) is 53.8. The van der Waals surface area contributed by atoms with E-state index in [9.17, 15) is 0 Å². The third kappa shape index (κ3) is 7.23. The van der Waals surface area contributed by atoms with Crippen LogP contribution in [-0.4, -0.2) is 6.71 Å². The maximum absolute atomic E-state index is 2.81. The number of hydrogen-bond acceptors (Lipinski definition) is 3. The lowest BCUT2D eigenvalue weighted by Crippen LogP contribution is -2.62. The molecule has 0 saturated heterocycles. The predicted octanol–water partition coefficient (Wildman–Crippen LogP) is 18.8. The molecule has 2 nitrogen and oxygen atoms in total.